The number of rotatable bonds is 7. The summed E-state index contributed by atoms with van der Waals surface area (Å²) in [7, 11) is 0. The Morgan fingerprint density at radius 3 is 2.59 bits per heavy atom. The molecule has 1 amide bonds. The van der Waals surface area contributed by atoms with Crippen LogP contribution in [-0.2, 0) is 4.79 Å². The molecule has 0 unspecified atom stereocenters. The van der Waals surface area contributed by atoms with E-state index in [1.807, 2.05) is 12.1 Å². The number of carbonyl (C=O) groups is 1. The van der Waals surface area contributed by atoms with Gasteiger partial charge in [0.25, 0.3) is 5.22 Å². The van der Waals surface area contributed by atoms with Gasteiger partial charge in [0, 0.05) is 16.6 Å². The Bertz CT molecular complexity index is 612. The van der Waals surface area contributed by atoms with Crippen LogP contribution in [0, 0.1) is 0 Å². The fourth-order valence-corrected chi connectivity index (χ4v) is 2.57. The predicted octanol–water partition coefficient (Wildman–Crippen LogP) is 3.79. The maximum Gasteiger partial charge on any atom is 0.277 e. The van der Waals surface area contributed by atoms with Crippen molar-refractivity contribution in [3.05, 3.63) is 29.3 Å². The summed E-state index contributed by atoms with van der Waals surface area (Å²) in [5.41, 5.74) is 0.797. The van der Waals surface area contributed by atoms with Gasteiger partial charge in [0.1, 0.15) is 0 Å². The Kier molecular flexibility index (Phi) is 6.27. The number of benzene rings is 1. The number of hydrogen-bond donors (Lipinski definition) is 1. The van der Waals surface area contributed by atoms with Gasteiger partial charge in [-0.2, -0.15) is 0 Å². The minimum atomic E-state index is -0.0232. The molecule has 2 aromatic rings. The Balaban J connectivity index is 1.89. The molecule has 0 saturated heterocycles. The lowest BCUT2D eigenvalue weighted by molar-refractivity contribution is -0.119. The van der Waals surface area contributed by atoms with Gasteiger partial charge >= 0.3 is 0 Å². The van der Waals surface area contributed by atoms with Gasteiger partial charge in [0.05, 0.1) is 5.75 Å². The molecule has 7 heteroatoms. The van der Waals surface area contributed by atoms with Crippen LogP contribution < -0.4 is 5.32 Å². The molecule has 0 saturated carbocycles. The second-order valence-corrected chi connectivity index (χ2v) is 6.11. The zero-order valence-corrected chi connectivity index (χ0v) is 14.1. The molecule has 1 aromatic carbocycles. The van der Waals surface area contributed by atoms with E-state index in [1.165, 1.54) is 11.8 Å². The van der Waals surface area contributed by atoms with Crippen LogP contribution in [0.5, 0.6) is 0 Å². The number of aromatic nitrogens is 2. The van der Waals surface area contributed by atoms with Crippen molar-refractivity contribution in [2.45, 2.75) is 38.0 Å². The van der Waals surface area contributed by atoms with E-state index in [4.69, 9.17) is 16.0 Å². The van der Waals surface area contributed by atoms with Crippen molar-refractivity contribution < 1.29 is 9.21 Å². The standard InChI is InChI=1S/C15H18ClN3O2S/c1-3-12(4-2)17-13(20)9-22-15-19-18-14(21-15)10-5-7-11(16)8-6-10/h5-8,12H,3-4,9H2,1-2H3,(H,17,20). The molecule has 0 aliphatic rings. The van der Waals surface area contributed by atoms with E-state index in [2.05, 4.69) is 29.4 Å². The molecule has 0 spiro atoms. The van der Waals surface area contributed by atoms with Crippen LogP contribution in [0.3, 0.4) is 0 Å². The number of halogens is 1. The van der Waals surface area contributed by atoms with E-state index in [0.29, 0.717) is 16.1 Å². The SMILES string of the molecule is CCC(CC)NC(=O)CSc1nnc(-c2ccc(Cl)cc2)o1. The first-order valence-electron chi connectivity index (χ1n) is 7.14. The average Bonchev–Trinajstić information content (AvgIpc) is 3.00. The first kappa shape index (κ1) is 16.8. The molecule has 0 fully saturated rings. The molecule has 5 nitrogen and oxygen atoms in total. The minimum Gasteiger partial charge on any atom is -0.411 e. The van der Waals surface area contributed by atoms with Crippen LogP contribution in [0.25, 0.3) is 11.5 Å². The van der Waals surface area contributed by atoms with Gasteiger partial charge in [0.2, 0.25) is 11.8 Å². The maximum atomic E-state index is 11.8. The fraction of sp³-hybridized carbons (Fsp3) is 0.400. The average molecular weight is 340 g/mol. The quantitative estimate of drug-likeness (QED) is 0.777. The lowest BCUT2D eigenvalue weighted by atomic mass is 10.2. The van der Waals surface area contributed by atoms with Crippen molar-refractivity contribution in [3.63, 3.8) is 0 Å². The second-order valence-electron chi connectivity index (χ2n) is 4.75. The Morgan fingerprint density at radius 1 is 1.27 bits per heavy atom. The summed E-state index contributed by atoms with van der Waals surface area (Å²) in [6.07, 6.45) is 1.85. The number of carbonyl (C=O) groups excluding carboxylic acids is 1. The fourth-order valence-electron chi connectivity index (χ4n) is 1.87. The summed E-state index contributed by atoms with van der Waals surface area (Å²) in [6.45, 7) is 4.11. The summed E-state index contributed by atoms with van der Waals surface area (Å²) in [5.74, 6) is 0.656. The van der Waals surface area contributed by atoms with E-state index in [-0.39, 0.29) is 17.7 Å². The van der Waals surface area contributed by atoms with E-state index in [0.717, 1.165) is 18.4 Å². The van der Waals surface area contributed by atoms with Crippen molar-refractivity contribution in [2.75, 3.05) is 5.75 Å². The molecule has 2 rings (SSSR count). The minimum absolute atomic E-state index is 0.0232. The number of nitrogens with one attached hydrogen (secondary N) is 1. The molecule has 0 bridgehead atoms. The lowest BCUT2D eigenvalue weighted by Crippen LogP contribution is -2.34. The molecule has 0 aliphatic heterocycles. The third-order valence-electron chi connectivity index (χ3n) is 3.18. The monoisotopic (exact) mass is 339 g/mol. The highest BCUT2D eigenvalue weighted by molar-refractivity contribution is 7.99. The van der Waals surface area contributed by atoms with Crippen LogP contribution >= 0.6 is 23.4 Å². The topological polar surface area (TPSA) is 68.0 Å². The third kappa shape index (κ3) is 4.74. The van der Waals surface area contributed by atoms with Crippen molar-refractivity contribution >= 4 is 29.3 Å². The summed E-state index contributed by atoms with van der Waals surface area (Å²) in [5, 5.41) is 11.9. The molecule has 1 N–H and O–H groups in total. The molecule has 0 radical (unpaired) electrons. The van der Waals surface area contributed by atoms with E-state index >= 15 is 0 Å². The van der Waals surface area contributed by atoms with Crippen molar-refractivity contribution in [2.24, 2.45) is 0 Å². The molecule has 22 heavy (non-hydrogen) atoms. The van der Waals surface area contributed by atoms with Crippen molar-refractivity contribution in [1.82, 2.24) is 15.5 Å². The van der Waals surface area contributed by atoms with E-state index in [9.17, 15) is 4.79 Å². The molecule has 0 aliphatic carbocycles. The Hall–Kier alpha value is -1.53. The smallest absolute Gasteiger partial charge is 0.277 e. The first-order valence-corrected chi connectivity index (χ1v) is 8.50. The first-order chi connectivity index (χ1) is 10.6. The van der Waals surface area contributed by atoms with E-state index in [1.54, 1.807) is 12.1 Å². The van der Waals surface area contributed by atoms with Gasteiger partial charge in [-0.3, -0.25) is 4.79 Å². The molecule has 1 aromatic heterocycles. The lowest BCUT2D eigenvalue weighted by Gasteiger charge is -2.13. The van der Waals surface area contributed by atoms with Crippen molar-refractivity contribution in [1.29, 1.82) is 0 Å². The molecular formula is C15H18ClN3O2S. The van der Waals surface area contributed by atoms with Gasteiger partial charge in [0.15, 0.2) is 0 Å². The molecule has 118 valence electrons. The van der Waals surface area contributed by atoms with Crippen LogP contribution in [0.2, 0.25) is 5.02 Å². The highest BCUT2D eigenvalue weighted by atomic mass is 35.5. The summed E-state index contributed by atoms with van der Waals surface area (Å²) >= 11 is 7.07. The summed E-state index contributed by atoms with van der Waals surface area (Å²) in [4.78, 5) is 11.8. The Morgan fingerprint density at radius 2 is 1.95 bits per heavy atom. The zero-order chi connectivity index (χ0) is 15.9. The Labute approximate surface area is 138 Å². The van der Waals surface area contributed by atoms with Gasteiger partial charge in [-0.25, -0.2) is 0 Å². The van der Waals surface area contributed by atoms with Crippen molar-refractivity contribution in [3.8, 4) is 11.5 Å². The second kappa shape index (κ2) is 8.19. The number of hydrogen-bond acceptors (Lipinski definition) is 5. The summed E-state index contributed by atoms with van der Waals surface area (Å²) in [6, 6.07) is 7.36. The predicted molar refractivity (Wildman–Crippen MR) is 88.0 cm³/mol. The molecule has 0 atom stereocenters. The van der Waals surface area contributed by atoms with Crippen LogP contribution in [-0.4, -0.2) is 27.9 Å². The van der Waals surface area contributed by atoms with E-state index < -0.39 is 0 Å². The molecular weight excluding hydrogens is 322 g/mol. The zero-order valence-electron chi connectivity index (χ0n) is 12.5. The van der Waals surface area contributed by atoms with Gasteiger partial charge in [-0.05, 0) is 37.1 Å². The van der Waals surface area contributed by atoms with Gasteiger partial charge in [-0.15, -0.1) is 10.2 Å². The highest BCUT2D eigenvalue weighted by Gasteiger charge is 2.13. The molecule has 1 heterocycles. The highest BCUT2D eigenvalue weighted by Crippen LogP contribution is 2.24. The normalized spacial score (nSPS) is 10.9. The van der Waals surface area contributed by atoms with Gasteiger partial charge < -0.3 is 9.73 Å². The largest absolute Gasteiger partial charge is 0.411 e. The number of thioether (sulfide) groups is 1. The van der Waals surface area contributed by atoms with Crippen LogP contribution in [0.4, 0.5) is 0 Å². The number of amides is 1. The van der Waals surface area contributed by atoms with Crippen LogP contribution in [0.1, 0.15) is 26.7 Å². The maximum absolute atomic E-state index is 11.8. The van der Waals surface area contributed by atoms with Gasteiger partial charge in [-0.1, -0.05) is 37.2 Å². The summed E-state index contributed by atoms with van der Waals surface area (Å²) < 4.78 is 5.54. The number of nitrogens with zero attached hydrogens (tertiary/aromatic N) is 2. The third-order valence-corrected chi connectivity index (χ3v) is 4.25. The van der Waals surface area contributed by atoms with Crippen LogP contribution in [0.15, 0.2) is 33.9 Å².